The molecule has 0 spiro atoms. The topological polar surface area (TPSA) is 68.5 Å². The van der Waals surface area contributed by atoms with Gasteiger partial charge in [-0.2, -0.15) is 0 Å². The van der Waals surface area contributed by atoms with E-state index < -0.39 is 0 Å². The summed E-state index contributed by atoms with van der Waals surface area (Å²) in [5, 5.41) is 0.561. The van der Waals surface area contributed by atoms with Gasteiger partial charge in [0.25, 0.3) is 0 Å². The van der Waals surface area contributed by atoms with Gasteiger partial charge in [0.05, 0.1) is 13.2 Å². The Balaban J connectivity index is 0.00000324. The van der Waals surface area contributed by atoms with Crippen LogP contribution in [0.4, 0.5) is 5.13 Å². The van der Waals surface area contributed by atoms with Gasteiger partial charge >= 0.3 is 5.97 Å². The van der Waals surface area contributed by atoms with Crippen LogP contribution < -0.4 is 5.73 Å². The van der Waals surface area contributed by atoms with Crippen LogP contribution in [0.2, 0.25) is 0 Å². The van der Waals surface area contributed by atoms with Crippen LogP contribution in [-0.2, 0) is 16.1 Å². The zero-order valence-corrected chi connectivity index (χ0v) is 13.2. The highest BCUT2D eigenvalue weighted by Crippen LogP contribution is 2.17. The normalized spacial score (nSPS) is 10.6. The molecule has 0 aliphatic heterocycles. The van der Waals surface area contributed by atoms with Crippen LogP contribution in [0.25, 0.3) is 0 Å². The summed E-state index contributed by atoms with van der Waals surface area (Å²) < 4.78 is 4.98. The lowest BCUT2D eigenvalue weighted by atomic mass is 10.2. The van der Waals surface area contributed by atoms with E-state index in [0.717, 1.165) is 11.4 Å². The Morgan fingerprint density at radius 1 is 1.58 bits per heavy atom. The molecule has 0 fully saturated rings. The molecule has 110 valence electrons. The first-order chi connectivity index (χ1) is 8.51. The summed E-state index contributed by atoms with van der Waals surface area (Å²) in [6, 6.07) is 0. The quantitative estimate of drug-likeness (QED) is 0.782. The number of thiazole rings is 1. The van der Waals surface area contributed by atoms with Gasteiger partial charge in [-0.25, -0.2) is 4.98 Å². The maximum Gasteiger partial charge on any atom is 0.320 e. The Kier molecular flexibility index (Phi) is 8.71. The number of nitrogens with zero attached hydrogens (tertiary/aromatic N) is 2. The van der Waals surface area contributed by atoms with Crippen LogP contribution in [-0.4, -0.2) is 35.5 Å². The van der Waals surface area contributed by atoms with Crippen molar-refractivity contribution in [1.82, 2.24) is 9.88 Å². The average Bonchev–Trinajstić information content (AvgIpc) is 2.63. The maximum absolute atomic E-state index is 11.5. The Morgan fingerprint density at radius 2 is 2.26 bits per heavy atom. The average molecular weight is 308 g/mol. The molecule has 0 radical (unpaired) electrons. The standard InChI is InChI=1S/C12H21N3O2S.ClH/c1-4-17-11(16)8-15(6-9(2)3)7-10-5-14-12(13)18-10;/h5,9H,4,6-8H2,1-3H3,(H2,13,14);1H. The van der Waals surface area contributed by atoms with Gasteiger partial charge in [-0.05, 0) is 12.8 Å². The Bertz CT molecular complexity index is 385. The molecular weight excluding hydrogens is 286 g/mol. The number of anilines is 1. The van der Waals surface area contributed by atoms with Gasteiger partial charge < -0.3 is 10.5 Å². The van der Waals surface area contributed by atoms with Crippen molar-refractivity contribution in [3.63, 3.8) is 0 Å². The lowest BCUT2D eigenvalue weighted by molar-refractivity contribution is -0.144. The van der Waals surface area contributed by atoms with Gasteiger partial charge in [-0.15, -0.1) is 23.7 Å². The number of nitrogens with two attached hydrogens (primary N) is 1. The van der Waals surface area contributed by atoms with E-state index in [2.05, 4.69) is 23.7 Å². The molecule has 0 aromatic carbocycles. The first kappa shape index (κ1) is 18.1. The van der Waals surface area contributed by atoms with E-state index in [1.54, 1.807) is 6.20 Å². The summed E-state index contributed by atoms with van der Waals surface area (Å²) in [4.78, 5) is 18.7. The van der Waals surface area contributed by atoms with E-state index in [1.807, 2.05) is 6.92 Å². The number of carbonyl (C=O) groups excluding carboxylic acids is 1. The van der Waals surface area contributed by atoms with Gasteiger partial charge in [-0.1, -0.05) is 13.8 Å². The zero-order valence-electron chi connectivity index (χ0n) is 11.6. The molecule has 2 N–H and O–H groups in total. The second-order valence-corrected chi connectivity index (χ2v) is 5.68. The summed E-state index contributed by atoms with van der Waals surface area (Å²) in [5.74, 6) is 0.306. The number of halogens is 1. The smallest absolute Gasteiger partial charge is 0.320 e. The molecule has 1 heterocycles. The molecule has 19 heavy (non-hydrogen) atoms. The Morgan fingerprint density at radius 3 is 2.74 bits per heavy atom. The highest BCUT2D eigenvalue weighted by molar-refractivity contribution is 7.15. The number of rotatable bonds is 7. The van der Waals surface area contributed by atoms with E-state index in [1.165, 1.54) is 11.3 Å². The Hall–Kier alpha value is -0.850. The Labute approximate surface area is 124 Å². The minimum Gasteiger partial charge on any atom is -0.465 e. The molecule has 0 aliphatic carbocycles. The molecule has 1 aromatic heterocycles. The molecule has 0 saturated carbocycles. The SMILES string of the molecule is CCOC(=O)CN(Cc1cnc(N)s1)CC(C)C.Cl. The lowest BCUT2D eigenvalue weighted by Crippen LogP contribution is -2.33. The molecule has 5 nitrogen and oxygen atoms in total. The number of hydrogen-bond donors (Lipinski definition) is 1. The lowest BCUT2D eigenvalue weighted by Gasteiger charge is -2.22. The van der Waals surface area contributed by atoms with Gasteiger partial charge in [0, 0.05) is 24.2 Å². The van der Waals surface area contributed by atoms with Crippen molar-refractivity contribution in [3.05, 3.63) is 11.1 Å². The van der Waals surface area contributed by atoms with Crippen LogP contribution in [0, 0.1) is 5.92 Å². The van der Waals surface area contributed by atoms with Gasteiger partial charge in [0.1, 0.15) is 0 Å². The highest BCUT2D eigenvalue weighted by atomic mass is 35.5. The van der Waals surface area contributed by atoms with Crippen molar-refractivity contribution in [2.45, 2.75) is 27.3 Å². The molecule has 0 unspecified atom stereocenters. The third-order valence-corrected chi connectivity index (χ3v) is 3.04. The van der Waals surface area contributed by atoms with Crippen molar-refractivity contribution in [2.24, 2.45) is 5.92 Å². The summed E-state index contributed by atoms with van der Waals surface area (Å²) in [6.45, 7) is 8.32. The van der Waals surface area contributed by atoms with Crippen LogP contribution >= 0.6 is 23.7 Å². The van der Waals surface area contributed by atoms with E-state index >= 15 is 0 Å². The summed E-state index contributed by atoms with van der Waals surface area (Å²) in [6.07, 6.45) is 1.76. The van der Waals surface area contributed by atoms with Crippen LogP contribution in [0.5, 0.6) is 0 Å². The van der Waals surface area contributed by atoms with E-state index in [9.17, 15) is 4.79 Å². The molecule has 0 atom stereocenters. The summed E-state index contributed by atoms with van der Waals surface area (Å²) >= 11 is 1.46. The summed E-state index contributed by atoms with van der Waals surface area (Å²) in [7, 11) is 0. The van der Waals surface area contributed by atoms with E-state index in [0.29, 0.717) is 30.7 Å². The van der Waals surface area contributed by atoms with Crippen molar-refractivity contribution in [1.29, 1.82) is 0 Å². The first-order valence-electron chi connectivity index (χ1n) is 6.09. The van der Waals surface area contributed by atoms with Crippen molar-refractivity contribution >= 4 is 34.8 Å². The molecule has 0 aliphatic rings. The van der Waals surface area contributed by atoms with E-state index in [-0.39, 0.29) is 18.4 Å². The van der Waals surface area contributed by atoms with Crippen molar-refractivity contribution in [2.75, 3.05) is 25.4 Å². The van der Waals surface area contributed by atoms with Gasteiger partial charge in [0.15, 0.2) is 5.13 Å². The number of aromatic nitrogens is 1. The molecule has 1 rings (SSSR count). The number of hydrogen-bond acceptors (Lipinski definition) is 6. The largest absolute Gasteiger partial charge is 0.465 e. The van der Waals surface area contributed by atoms with Gasteiger partial charge in [-0.3, -0.25) is 9.69 Å². The fourth-order valence-corrected chi connectivity index (χ4v) is 2.43. The van der Waals surface area contributed by atoms with Crippen LogP contribution in [0.1, 0.15) is 25.6 Å². The van der Waals surface area contributed by atoms with Crippen molar-refractivity contribution in [3.8, 4) is 0 Å². The number of nitrogen functional groups attached to an aromatic ring is 1. The first-order valence-corrected chi connectivity index (χ1v) is 6.91. The van der Waals surface area contributed by atoms with Crippen LogP contribution in [0.3, 0.4) is 0 Å². The minimum atomic E-state index is -0.185. The molecule has 0 bridgehead atoms. The molecule has 0 amide bonds. The van der Waals surface area contributed by atoms with E-state index in [4.69, 9.17) is 10.5 Å². The summed E-state index contributed by atoms with van der Waals surface area (Å²) in [5.41, 5.74) is 5.60. The fraction of sp³-hybridized carbons (Fsp3) is 0.667. The second kappa shape index (κ2) is 9.12. The fourth-order valence-electron chi connectivity index (χ4n) is 1.71. The monoisotopic (exact) mass is 307 g/mol. The number of ether oxygens (including phenoxy) is 1. The predicted molar refractivity (Wildman–Crippen MR) is 80.5 cm³/mol. The maximum atomic E-state index is 11.5. The van der Waals surface area contributed by atoms with Crippen molar-refractivity contribution < 1.29 is 9.53 Å². The highest BCUT2D eigenvalue weighted by Gasteiger charge is 2.14. The minimum absolute atomic E-state index is 0. The zero-order chi connectivity index (χ0) is 13.5. The number of esters is 1. The second-order valence-electron chi connectivity index (χ2n) is 4.53. The third kappa shape index (κ3) is 7.34. The predicted octanol–water partition coefficient (Wildman–Crippen LogP) is 2.17. The molecule has 1 aromatic rings. The molecular formula is C12H22ClN3O2S. The third-order valence-electron chi connectivity index (χ3n) is 2.23. The van der Waals surface area contributed by atoms with Gasteiger partial charge in [0.2, 0.25) is 0 Å². The molecule has 7 heteroatoms. The molecule has 0 saturated heterocycles. The number of carbonyl (C=O) groups is 1. The van der Waals surface area contributed by atoms with Crippen LogP contribution in [0.15, 0.2) is 6.20 Å².